The molecule has 130 valence electrons. The zero-order valence-corrected chi connectivity index (χ0v) is 15.9. The van der Waals surface area contributed by atoms with Crippen molar-refractivity contribution in [2.45, 2.75) is 50.5 Å². The largest absolute Gasteiger partial charge is 0.467 e. The normalized spacial score (nSPS) is 23.5. The van der Waals surface area contributed by atoms with E-state index in [1.165, 1.54) is 19.3 Å². The number of halogens is 1. The van der Waals surface area contributed by atoms with Crippen molar-refractivity contribution in [3.05, 3.63) is 24.2 Å². The summed E-state index contributed by atoms with van der Waals surface area (Å²) in [6.45, 7) is 1.96. The Morgan fingerprint density at radius 2 is 2.13 bits per heavy atom. The highest BCUT2D eigenvalue weighted by molar-refractivity contribution is 14.0. The minimum atomic E-state index is -0.310. The summed E-state index contributed by atoms with van der Waals surface area (Å²) in [7, 11) is 1.76. The molecule has 23 heavy (non-hydrogen) atoms. The highest BCUT2D eigenvalue weighted by atomic mass is 127. The molecule has 2 heterocycles. The second-order valence-electron chi connectivity index (χ2n) is 5.91. The second-order valence-corrected chi connectivity index (χ2v) is 5.91. The first-order chi connectivity index (χ1) is 10.8. The molecule has 0 bridgehead atoms. The van der Waals surface area contributed by atoms with Gasteiger partial charge in [0, 0.05) is 26.4 Å². The molecule has 1 aliphatic carbocycles. The lowest BCUT2D eigenvalue weighted by atomic mass is 9.94. The van der Waals surface area contributed by atoms with E-state index in [4.69, 9.17) is 13.9 Å². The molecule has 0 amide bonds. The molecule has 1 saturated heterocycles. The van der Waals surface area contributed by atoms with Crippen LogP contribution in [0.2, 0.25) is 0 Å². The molecule has 7 heteroatoms. The van der Waals surface area contributed by atoms with Crippen molar-refractivity contribution in [1.82, 2.24) is 10.6 Å². The van der Waals surface area contributed by atoms with Crippen LogP contribution in [-0.4, -0.2) is 38.0 Å². The third-order valence-corrected chi connectivity index (χ3v) is 4.26. The second kappa shape index (κ2) is 8.89. The first-order valence-corrected chi connectivity index (χ1v) is 8.08. The molecule has 2 N–H and O–H groups in total. The van der Waals surface area contributed by atoms with Gasteiger partial charge in [0.1, 0.15) is 11.9 Å². The van der Waals surface area contributed by atoms with Crippen LogP contribution in [0.5, 0.6) is 0 Å². The molecule has 3 rings (SSSR count). The van der Waals surface area contributed by atoms with Crippen molar-refractivity contribution in [2.75, 3.05) is 20.2 Å². The minimum Gasteiger partial charge on any atom is -0.467 e. The zero-order valence-electron chi connectivity index (χ0n) is 13.5. The number of ether oxygens (including phenoxy) is 2. The van der Waals surface area contributed by atoms with Gasteiger partial charge in [-0.3, -0.25) is 4.99 Å². The number of furan rings is 1. The van der Waals surface area contributed by atoms with E-state index >= 15 is 0 Å². The van der Waals surface area contributed by atoms with E-state index in [2.05, 4.69) is 15.6 Å². The lowest BCUT2D eigenvalue weighted by Crippen LogP contribution is -2.42. The topological polar surface area (TPSA) is 68.0 Å². The Kier molecular flexibility index (Phi) is 7.16. The van der Waals surface area contributed by atoms with Gasteiger partial charge in [-0.05, 0) is 25.0 Å². The summed E-state index contributed by atoms with van der Waals surface area (Å²) in [6, 6.07) is 3.81. The van der Waals surface area contributed by atoms with Gasteiger partial charge < -0.3 is 24.5 Å². The average molecular weight is 435 g/mol. The standard InChI is InChI=1S/C16H25N3O3.HI/c1-17-15(18-10-13-6-5-9-20-13)19-11-14-12-21-16(22-14)7-3-2-4-8-16;/h5-6,9,14H,2-4,7-8,10-12H2,1H3,(H2,17,18,19);1H. The van der Waals surface area contributed by atoms with E-state index < -0.39 is 0 Å². The van der Waals surface area contributed by atoms with Crippen LogP contribution >= 0.6 is 24.0 Å². The van der Waals surface area contributed by atoms with Crippen molar-refractivity contribution in [3.63, 3.8) is 0 Å². The highest BCUT2D eigenvalue weighted by Crippen LogP contribution is 2.37. The Bertz CT molecular complexity index is 487. The van der Waals surface area contributed by atoms with Crippen molar-refractivity contribution < 1.29 is 13.9 Å². The smallest absolute Gasteiger partial charge is 0.191 e. The molecule has 1 atom stereocenters. The maximum atomic E-state index is 6.15. The number of guanidine groups is 1. The minimum absolute atomic E-state index is 0. The summed E-state index contributed by atoms with van der Waals surface area (Å²) in [5.74, 6) is 1.31. The Morgan fingerprint density at radius 3 is 2.83 bits per heavy atom. The Labute approximate surface area is 154 Å². The fourth-order valence-corrected chi connectivity index (χ4v) is 3.08. The van der Waals surface area contributed by atoms with Crippen LogP contribution in [0.15, 0.2) is 27.8 Å². The number of aliphatic imine (C=N–C) groups is 1. The van der Waals surface area contributed by atoms with Crippen LogP contribution < -0.4 is 10.6 Å². The predicted molar refractivity (Wildman–Crippen MR) is 99.0 cm³/mol. The van der Waals surface area contributed by atoms with Crippen LogP contribution in [-0.2, 0) is 16.0 Å². The maximum absolute atomic E-state index is 6.15. The van der Waals surface area contributed by atoms with Gasteiger partial charge in [-0.15, -0.1) is 24.0 Å². The van der Waals surface area contributed by atoms with Crippen LogP contribution in [0.3, 0.4) is 0 Å². The van der Waals surface area contributed by atoms with Crippen molar-refractivity contribution >= 4 is 29.9 Å². The summed E-state index contributed by atoms with van der Waals surface area (Å²) in [5, 5.41) is 6.50. The van der Waals surface area contributed by atoms with Gasteiger partial charge in [-0.1, -0.05) is 6.42 Å². The fourth-order valence-electron chi connectivity index (χ4n) is 3.08. The van der Waals surface area contributed by atoms with Gasteiger partial charge in [0.2, 0.25) is 0 Å². The van der Waals surface area contributed by atoms with E-state index in [1.807, 2.05) is 12.1 Å². The third-order valence-electron chi connectivity index (χ3n) is 4.26. The quantitative estimate of drug-likeness (QED) is 0.433. The van der Waals surface area contributed by atoms with Crippen LogP contribution in [0.1, 0.15) is 37.9 Å². The van der Waals surface area contributed by atoms with Crippen molar-refractivity contribution in [1.29, 1.82) is 0 Å². The Balaban J connectivity index is 0.00000192. The number of rotatable bonds is 4. The van der Waals surface area contributed by atoms with Crippen LogP contribution in [0.4, 0.5) is 0 Å². The first kappa shape index (κ1) is 18.5. The van der Waals surface area contributed by atoms with Gasteiger partial charge in [-0.25, -0.2) is 0 Å². The van der Waals surface area contributed by atoms with Crippen LogP contribution in [0.25, 0.3) is 0 Å². The molecule has 1 aliphatic heterocycles. The Morgan fingerprint density at radius 1 is 1.30 bits per heavy atom. The molecule has 2 fully saturated rings. The molecule has 1 aromatic heterocycles. The predicted octanol–water partition coefficient (Wildman–Crippen LogP) is 2.64. The van der Waals surface area contributed by atoms with Crippen LogP contribution in [0, 0.1) is 0 Å². The number of hydrogen-bond acceptors (Lipinski definition) is 4. The maximum Gasteiger partial charge on any atom is 0.191 e. The van der Waals surface area contributed by atoms with Gasteiger partial charge >= 0.3 is 0 Å². The van der Waals surface area contributed by atoms with Crippen molar-refractivity contribution in [3.8, 4) is 0 Å². The molecule has 1 unspecified atom stereocenters. The molecule has 1 saturated carbocycles. The van der Waals surface area contributed by atoms with E-state index in [9.17, 15) is 0 Å². The number of nitrogens with zero attached hydrogens (tertiary/aromatic N) is 1. The molecule has 1 aromatic rings. The van der Waals surface area contributed by atoms with E-state index in [-0.39, 0.29) is 35.9 Å². The zero-order chi connectivity index (χ0) is 15.3. The molecule has 6 nitrogen and oxygen atoms in total. The van der Waals surface area contributed by atoms with Gasteiger partial charge in [0.15, 0.2) is 11.7 Å². The third kappa shape index (κ3) is 5.09. The molecular formula is C16H26IN3O3. The molecule has 0 aromatic carbocycles. The summed E-state index contributed by atoms with van der Waals surface area (Å²) in [4.78, 5) is 4.21. The molecular weight excluding hydrogens is 409 g/mol. The highest BCUT2D eigenvalue weighted by Gasteiger charge is 2.42. The number of hydrogen-bond donors (Lipinski definition) is 2. The Hall–Kier alpha value is -0.800. The van der Waals surface area contributed by atoms with E-state index in [1.54, 1.807) is 13.3 Å². The average Bonchev–Trinajstić information content (AvgIpc) is 3.19. The summed E-state index contributed by atoms with van der Waals surface area (Å²) >= 11 is 0. The SMILES string of the molecule is CN=C(NCc1ccco1)NCC1COC2(CCCCC2)O1.I. The summed E-state index contributed by atoms with van der Waals surface area (Å²) in [6.07, 6.45) is 7.49. The van der Waals surface area contributed by atoms with E-state index in [0.29, 0.717) is 19.7 Å². The lowest BCUT2D eigenvalue weighted by Gasteiger charge is -2.31. The summed E-state index contributed by atoms with van der Waals surface area (Å²) < 4.78 is 17.4. The van der Waals surface area contributed by atoms with Gasteiger partial charge in [-0.2, -0.15) is 0 Å². The lowest BCUT2D eigenvalue weighted by molar-refractivity contribution is -0.186. The monoisotopic (exact) mass is 435 g/mol. The van der Waals surface area contributed by atoms with Gasteiger partial charge in [0.25, 0.3) is 0 Å². The molecule has 1 spiro atoms. The fraction of sp³-hybridized carbons (Fsp3) is 0.688. The molecule has 2 aliphatic rings. The first-order valence-electron chi connectivity index (χ1n) is 8.08. The van der Waals surface area contributed by atoms with Gasteiger partial charge in [0.05, 0.1) is 19.4 Å². The molecule has 0 radical (unpaired) electrons. The number of nitrogens with one attached hydrogen (secondary N) is 2. The van der Waals surface area contributed by atoms with Crippen molar-refractivity contribution in [2.24, 2.45) is 4.99 Å². The summed E-state index contributed by atoms with van der Waals surface area (Å²) in [5.41, 5.74) is 0. The van der Waals surface area contributed by atoms with E-state index in [0.717, 1.165) is 24.6 Å².